The van der Waals surface area contributed by atoms with Crippen LogP contribution in [0.5, 0.6) is 0 Å². The van der Waals surface area contributed by atoms with Crippen molar-refractivity contribution in [1.29, 1.82) is 5.26 Å². The lowest BCUT2D eigenvalue weighted by Gasteiger charge is -2.05. The van der Waals surface area contributed by atoms with Crippen molar-refractivity contribution in [2.24, 2.45) is 0 Å². The van der Waals surface area contributed by atoms with Gasteiger partial charge < -0.3 is 8.83 Å². The van der Waals surface area contributed by atoms with Crippen molar-refractivity contribution in [3.8, 4) is 17.2 Å². The van der Waals surface area contributed by atoms with Crippen LogP contribution in [0.2, 0.25) is 0 Å². The smallest absolute Gasteiger partial charge is 0.336 e. The number of benzene rings is 3. The Labute approximate surface area is 176 Å². The highest BCUT2D eigenvalue weighted by Crippen LogP contribution is 2.40. The van der Waals surface area contributed by atoms with E-state index in [0.717, 1.165) is 16.5 Å². The van der Waals surface area contributed by atoms with Crippen molar-refractivity contribution >= 4 is 27.7 Å². The largest absolute Gasteiger partial charge is 0.452 e. The van der Waals surface area contributed by atoms with E-state index in [1.165, 1.54) is 6.07 Å². The lowest BCUT2D eigenvalue weighted by molar-refractivity contribution is 0.101. The molecule has 0 N–H and O–H groups in total. The normalized spacial score (nSPS) is 11.0. The lowest BCUT2D eigenvalue weighted by atomic mass is 9.96. The highest BCUT2D eigenvalue weighted by molar-refractivity contribution is 6.20. The Morgan fingerprint density at radius 2 is 1.68 bits per heavy atom. The minimum atomic E-state index is -0.460. The van der Waals surface area contributed by atoms with E-state index in [1.54, 1.807) is 30.3 Å². The van der Waals surface area contributed by atoms with E-state index in [2.05, 4.69) is 0 Å². The zero-order valence-electron chi connectivity index (χ0n) is 16.5. The van der Waals surface area contributed by atoms with Gasteiger partial charge in [-0.15, -0.1) is 0 Å². The number of carbonyl (C=O) groups is 1. The third kappa shape index (κ3) is 3.02. The van der Waals surface area contributed by atoms with Crippen LogP contribution in [-0.4, -0.2) is 5.78 Å². The number of hydrogen-bond donors (Lipinski definition) is 0. The van der Waals surface area contributed by atoms with Gasteiger partial charge in [-0.3, -0.25) is 4.79 Å². The van der Waals surface area contributed by atoms with Gasteiger partial charge in [0.05, 0.1) is 17.0 Å². The molecule has 0 saturated heterocycles. The van der Waals surface area contributed by atoms with Gasteiger partial charge in [0, 0.05) is 22.6 Å². The predicted molar refractivity (Wildman–Crippen MR) is 117 cm³/mol. The van der Waals surface area contributed by atoms with Gasteiger partial charge in [-0.25, -0.2) is 4.79 Å². The molecule has 0 radical (unpaired) electrons. The monoisotopic (exact) mass is 405 g/mol. The average molecular weight is 405 g/mol. The molecule has 0 unspecified atom stereocenters. The molecule has 31 heavy (non-hydrogen) atoms. The van der Waals surface area contributed by atoms with Gasteiger partial charge in [0.25, 0.3) is 0 Å². The Morgan fingerprint density at radius 3 is 2.39 bits per heavy atom. The van der Waals surface area contributed by atoms with Gasteiger partial charge in [-0.05, 0) is 54.4 Å². The van der Waals surface area contributed by atoms with Gasteiger partial charge in [0.15, 0.2) is 5.76 Å². The molecule has 0 aliphatic rings. The van der Waals surface area contributed by atoms with Gasteiger partial charge in [0.2, 0.25) is 5.78 Å². The van der Waals surface area contributed by atoms with Crippen LogP contribution < -0.4 is 5.63 Å². The molecule has 2 aromatic heterocycles. The van der Waals surface area contributed by atoms with Gasteiger partial charge in [-0.1, -0.05) is 30.3 Å². The molecule has 148 valence electrons. The molecule has 2 heterocycles. The van der Waals surface area contributed by atoms with Crippen molar-refractivity contribution in [1.82, 2.24) is 0 Å². The van der Waals surface area contributed by atoms with E-state index in [-0.39, 0.29) is 11.5 Å². The number of hydrogen-bond acceptors (Lipinski definition) is 5. The topological polar surface area (TPSA) is 84.2 Å². The van der Waals surface area contributed by atoms with Crippen LogP contribution in [0.3, 0.4) is 0 Å². The summed E-state index contributed by atoms with van der Waals surface area (Å²) in [5.41, 5.74) is 3.39. The fourth-order valence-corrected chi connectivity index (χ4v) is 3.83. The van der Waals surface area contributed by atoms with E-state index < -0.39 is 5.63 Å². The summed E-state index contributed by atoms with van der Waals surface area (Å²) in [5, 5.41) is 10.4. The van der Waals surface area contributed by atoms with Gasteiger partial charge in [-0.2, -0.15) is 5.26 Å². The van der Waals surface area contributed by atoms with E-state index in [4.69, 9.17) is 14.1 Å². The Bertz CT molecular complexity index is 1570. The number of furan rings is 1. The zero-order valence-corrected chi connectivity index (χ0v) is 16.5. The van der Waals surface area contributed by atoms with Crippen molar-refractivity contribution in [3.63, 3.8) is 0 Å². The van der Waals surface area contributed by atoms with Crippen LogP contribution in [-0.2, 0) is 0 Å². The first-order valence-corrected chi connectivity index (χ1v) is 9.67. The Morgan fingerprint density at radius 1 is 0.935 bits per heavy atom. The molecular formula is C26H15NO4. The molecule has 0 bridgehead atoms. The fourth-order valence-electron chi connectivity index (χ4n) is 3.83. The number of rotatable bonds is 3. The molecule has 5 rings (SSSR count). The number of carbonyl (C=O) groups excluding carboxylic acids is 1. The first kappa shape index (κ1) is 18.6. The van der Waals surface area contributed by atoms with Gasteiger partial charge >= 0.3 is 5.63 Å². The standard InChI is InChI=1S/C26H15NO4/c1-15-13-21(28)31-25-19(15)11-12-20-23(25)22(17-5-3-2-4-6-17)26(30-20)24(29)18-9-7-16(14-27)8-10-18/h2-13H,1H3. The Hall–Kier alpha value is -4.43. The molecule has 5 heteroatoms. The van der Waals surface area contributed by atoms with Crippen molar-refractivity contribution in [3.05, 3.63) is 106 Å². The summed E-state index contributed by atoms with van der Waals surface area (Å²) in [7, 11) is 0. The van der Waals surface area contributed by atoms with Crippen molar-refractivity contribution in [2.45, 2.75) is 6.92 Å². The summed E-state index contributed by atoms with van der Waals surface area (Å²) in [6.07, 6.45) is 0. The summed E-state index contributed by atoms with van der Waals surface area (Å²) in [6, 6.07) is 22.9. The molecular weight excluding hydrogens is 390 g/mol. The van der Waals surface area contributed by atoms with Crippen LogP contribution in [0.4, 0.5) is 0 Å². The van der Waals surface area contributed by atoms with E-state index in [1.807, 2.05) is 49.4 Å². The first-order chi connectivity index (χ1) is 15.1. The van der Waals surface area contributed by atoms with Crippen molar-refractivity contribution < 1.29 is 13.6 Å². The number of nitrogens with zero attached hydrogens (tertiary/aromatic N) is 1. The maximum absolute atomic E-state index is 13.4. The third-order valence-corrected chi connectivity index (χ3v) is 5.32. The van der Waals surface area contributed by atoms with Gasteiger partial charge in [0.1, 0.15) is 11.2 Å². The number of ketones is 1. The maximum Gasteiger partial charge on any atom is 0.336 e. The van der Waals surface area contributed by atoms with Crippen LogP contribution in [0.15, 0.2) is 86.4 Å². The second-order valence-corrected chi connectivity index (χ2v) is 7.25. The molecule has 0 aliphatic heterocycles. The highest BCUT2D eigenvalue weighted by Gasteiger charge is 2.25. The predicted octanol–water partition coefficient (Wildman–Crippen LogP) is 5.62. The molecule has 0 amide bonds. The summed E-state index contributed by atoms with van der Waals surface area (Å²) in [6.45, 7) is 1.84. The SMILES string of the molecule is Cc1cc(=O)oc2c1ccc1oc(C(=O)c3ccc(C#N)cc3)c(-c3ccccc3)c12. The van der Waals surface area contributed by atoms with Crippen LogP contribution in [0.1, 0.15) is 27.2 Å². The first-order valence-electron chi connectivity index (χ1n) is 9.67. The van der Waals surface area contributed by atoms with E-state index in [9.17, 15) is 9.59 Å². The quantitative estimate of drug-likeness (QED) is 0.287. The molecule has 5 aromatic rings. The average Bonchev–Trinajstić information content (AvgIpc) is 3.19. The molecule has 5 nitrogen and oxygen atoms in total. The summed E-state index contributed by atoms with van der Waals surface area (Å²) < 4.78 is 11.6. The second-order valence-electron chi connectivity index (χ2n) is 7.25. The Balaban J connectivity index is 1.86. The lowest BCUT2D eigenvalue weighted by Crippen LogP contribution is -2.02. The summed E-state index contributed by atoms with van der Waals surface area (Å²) in [4.78, 5) is 25.5. The minimum Gasteiger partial charge on any atom is -0.452 e. The fraction of sp³-hybridized carbons (Fsp3) is 0.0385. The number of nitriles is 1. The molecule has 0 fully saturated rings. The Kier molecular flexibility index (Phi) is 4.27. The van der Waals surface area contributed by atoms with Crippen LogP contribution >= 0.6 is 0 Å². The zero-order chi connectivity index (χ0) is 21.5. The summed E-state index contributed by atoms with van der Waals surface area (Å²) >= 11 is 0. The molecule has 0 atom stereocenters. The molecule has 0 spiro atoms. The van der Waals surface area contributed by atoms with Crippen LogP contribution in [0, 0.1) is 18.3 Å². The van der Waals surface area contributed by atoms with E-state index >= 15 is 0 Å². The van der Waals surface area contributed by atoms with Crippen LogP contribution in [0.25, 0.3) is 33.1 Å². The number of fused-ring (bicyclic) bond motifs is 3. The second kappa shape index (κ2) is 7.12. The number of aryl methyl sites for hydroxylation is 1. The van der Waals surface area contributed by atoms with Crippen molar-refractivity contribution in [2.75, 3.05) is 0 Å². The maximum atomic E-state index is 13.4. The van der Waals surface area contributed by atoms with E-state index in [0.29, 0.717) is 33.2 Å². The highest BCUT2D eigenvalue weighted by atomic mass is 16.4. The molecule has 3 aromatic carbocycles. The third-order valence-electron chi connectivity index (χ3n) is 5.32. The molecule has 0 saturated carbocycles. The minimum absolute atomic E-state index is 0.155. The molecule has 0 aliphatic carbocycles. The summed E-state index contributed by atoms with van der Waals surface area (Å²) in [5.74, 6) is -0.162.